The van der Waals surface area contributed by atoms with Crippen molar-refractivity contribution in [2.45, 2.75) is 11.8 Å². The Kier molecular flexibility index (Phi) is 5.08. The SMILES string of the molecule is OCC(CO)(Cc1cc(F)cc(Br)c1)c1ccccc1F. The lowest BCUT2D eigenvalue weighted by atomic mass is 9.76. The molecule has 5 heteroatoms. The fourth-order valence-corrected chi connectivity index (χ4v) is 2.94. The lowest BCUT2D eigenvalue weighted by Crippen LogP contribution is -2.38. The third kappa shape index (κ3) is 3.48. The van der Waals surface area contributed by atoms with Crippen molar-refractivity contribution in [2.75, 3.05) is 13.2 Å². The summed E-state index contributed by atoms with van der Waals surface area (Å²) in [6.07, 6.45) is 0.122. The zero-order chi connectivity index (χ0) is 15.5. The van der Waals surface area contributed by atoms with E-state index in [1.54, 1.807) is 12.1 Å². The Morgan fingerprint density at radius 1 is 1.00 bits per heavy atom. The monoisotopic (exact) mass is 356 g/mol. The van der Waals surface area contributed by atoms with Crippen LogP contribution in [0.3, 0.4) is 0 Å². The van der Waals surface area contributed by atoms with E-state index in [1.807, 2.05) is 0 Å². The number of aliphatic hydroxyl groups excluding tert-OH is 2. The fraction of sp³-hybridized carbons (Fsp3) is 0.250. The molecule has 0 aliphatic heterocycles. The Morgan fingerprint density at radius 2 is 1.67 bits per heavy atom. The van der Waals surface area contributed by atoms with Gasteiger partial charge in [-0.25, -0.2) is 8.78 Å². The van der Waals surface area contributed by atoms with E-state index in [0.717, 1.165) is 0 Å². The zero-order valence-electron chi connectivity index (χ0n) is 11.2. The third-order valence-electron chi connectivity index (χ3n) is 3.52. The maximum absolute atomic E-state index is 14.0. The number of halogens is 3. The van der Waals surface area contributed by atoms with Crippen LogP contribution in [0.4, 0.5) is 8.78 Å². The second-order valence-corrected chi connectivity index (χ2v) is 5.95. The van der Waals surface area contributed by atoms with Crippen LogP contribution in [0.2, 0.25) is 0 Å². The molecule has 0 heterocycles. The van der Waals surface area contributed by atoms with Gasteiger partial charge in [-0.3, -0.25) is 0 Å². The Morgan fingerprint density at radius 3 is 2.24 bits per heavy atom. The summed E-state index contributed by atoms with van der Waals surface area (Å²) in [5, 5.41) is 19.4. The first-order valence-electron chi connectivity index (χ1n) is 6.42. The molecule has 0 aliphatic carbocycles. The Hall–Kier alpha value is -1.30. The van der Waals surface area contributed by atoms with E-state index >= 15 is 0 Å². The molecule has 0 saturated carbocycles. The van der Waals surface area contributed by atoms with Gasteiger partial charge in [0.05, 0.1) is 13.2 Å². The molecule has 21 heavy (non-hydrogen) atoms. The number of hydrogen-bond acceptors (Lipinski definition) is 2. The summed E-state index contributed by atoms with van der Waals surface area (Å²) < 4.78 is 28.0. The van der Waals surface area contributed by atoms with Crippen molar-refractivity contribution in [2.24, 2.45) is 0 Å². The van der Waals surface area contributed by atoms with Gasteiger partial charge in [0.25, 0.3) is 0 Å². The number of hydrogen-bond donors (Lipinski definition) is 2. The maximum Gasteiger partial charge on any atom is 0.127 e. The molecular formula is C16H15BrF2O2. The number of rotatable bonds is 5. The van der Waals surface area contributed by atoms with Crippen molar-refractivity contribution >= 4 is 15.9 Å². The molecule has 0 unspecified atom stereocenters. The first-order valence-corrected chi connectivity index (χ1v) is 7.22. The Labute approximate surface area is 130 Å². The van der Waals surface area contributed by atoms with Gasteiger partial charge in [0.15, 0.2) is 0 Å². The van der Waals surface area contributed by atoms with Crippen molar-refractivity contribution in [3.05, 3.63) is 69.7 Å². The van der Waals surface area contributed by atoms with Crippen molar-refractivity contribution < 1.29 is 19.0 Å². The lowest BCUT2D eigenvalue weighted by Gasteiger charge is -2.31. The molecular weight excluding hydrogens is 342 g/mol. The summed E-state index contributed by atoms with van der Waals surface area (Å²) in [4.78, 5) is 0. The standard InChI is InChI=1S/C16H15BrF2O2/c17-12-5-11(6-13(18)7-12)8-16(9-20,10-21)14-3-1-2-4-15(14)19/h1-7,20-21H,8-10H2. The van der Waals surface area contributed by atoms with Crippen LogP contribution >= 0.6 is 15.9 Å². The van der Waals surface area contributed by atoms with Crippen molar-refractivity contribution in [1.82, 2.24) is 0 Å². The minimum absolute atomic E-state index is 0.122. The number of aliphatic hydroxyl groups is 2. The minimum Gasteiger partial charge on any atom is -0.395 e. The van der Waals surface area contributed by atoms with Crippen LogP contribution in [0.5, 0.6) is 0 Å². The van der Waals surface area contributed by atoms with Gasteiger partial charge in [-0.05, 0) is 41.8 Å². The van der Waals surface area contributed by atoms with E-state index in [4.69, 9.17) is 0 Å². The molecule has 2 N–H and O–H groups in total. The second kappa shape index (κ2) is 6.64. The molecule has 0 amide bonds. The van der Waals surface area contributed by atoms with E-state index < -0.39 is 30.3 Å². The van der Waals surface area contributed by atoms with Crippen LogP contribution in [0.15, 0.2) is 46.9 Å². The van der Waals surface area contributed by atoms with Crippen molar-refractivity contribution in [1.29, 1.82) is 0 Å². The average molecular weight is 357 g/mol. The second-order valence-electron chi connectivity index (χ2n) is 5.03. The molecule has 0 bridgehead atoms. The van der Waals surface area contributed by atoms with Gasteiger partial charge in [-0.2, -0.15) is 0 Å². The van der Waals surface area contributed by atoms with Gasteiger partial charge in [-0.15, -0.1) is 0 Å². The molecule has 0 aliphatic rings. The fourth-order valence-electron chi connectivity index (χ4n) is 2.42. The zero-order valence-corrected chi connectivity index (χ0v) is 12.8. The summed E-state index contributed by atoms with van der Waals surface area (Å²) in [5.41, 5.74) is -0.415. The third-order valence-corrected chi connectivity index (χ3v) is 3.97. The van der Waals surface area contributed by atoms with Crippen molar-refractivity contribution in [3.8, 4) is 0 Å². The van der Waals surface area contributed by atoms with Gasteiger partial charge in [-0.1, -0.05) is 34.1 Å². The lowest BCUT2D eigenvalue weighted by molar-refractivity contribution is 0.113. The van der Waals surface area contributed by atoms with E-state index in [-0.39, 0.29) is 12.0 Å². The van der Waals surface area contributed by atoms with Crippen molar-refractivity contribution in [3.63, 3.8) is 0 Å². The summed E-state index contributed by atoms with van der Waals surface area (Å²) >= 11 is 3.20. The van der Waals surface area contributed by atoms with E-state index in [0.29, 0.717) is 10.0 Å². The van der Waals surface area contributed by atoms with Gasteiger partial charge in [0, 0.05) is 9.89 Å². The molecule has 0 saturated heterocycles. The highest BCUT2D eigenvalue weighted by molar-refractivity contribution is 9.10. The van der Waals surface area contributed by atoms with Crippen LogP contribution in [0.1, 0.15) is 11.1 Å². The topological polar surface area (TPSA) is 40.5 Å². The summed E-state index contributed by atoms with van der Waals surface area (Å²) in [7, 11) is 0. The van der Waals surface area contributed by atoms with E-state index in [9.17, 15) is 19.0 Å². The quantitative estimate of drug-likeness (QED) is 0.863. The van der Waals surface area contributed by atoms with Gasteiger partial charge < -0.3 is 10.2 Å². The molecule has 2 aromatic rings. The van der Waals surface area contributed by atoms with Gasteiger partial charge in [0.1, 0.15) is 11.6 Å². The highest BCUT2D eigenvalue weighted by atomic mass is 79.9. The van der Waals surface area contributed by atoms with Crippen LogP contribution in [0.25, 0.3) is 0 Å². The van der Waals surface area contributed by atoms with Gasteiger partial charge in [0.2, 0.25) is 0 Å². The van der Waals surface area contributed by atoms with Crippen LogP contribution < -0.4 is 0 Å². The molecule has 2 nitrogen and oxygen atoms in total. The first-order chi connectivity index (χ1) is 10.0. The normalized spacial score (nSPS) is 11.7. The number of benzene rings is 2. The largest absolute Gasteiger partial charge is 0.395 e. The minimum atomic E-state index is -1.20. The molecule has 0 fully saturated rings. The summed E-state index contributed by atoms with van der Waals surface area (Å²) in [5.74, 6) is -0.936. The smallest absolute Gasteiger partial charge is 0.127 e. The molecule has 112 valence electrons. The van der Waals surface area contributed by atoms with E-state index in [2.05, 4.69) is 15.9 Å². The molecule has 2 rings (SSSR count). The molecule has 0 spiro atoms. The predicted octanol–water partition coefficient (Wildman–Crippen LogP) is 3.19. The summed E-state index contributed by atoms with van der Waals surface area (Å²) in [6.45, 7) is -0.892. The van der Waals surface area contributed by atoms with E-state index in [1.165, 1.54) is 30.3 Å². The summed E-state index contributed by atoms with van der Waals surface area (Å²) in [6, 6.07) is 10.3. The Balaban J connectivity index is 2.45. The molecule has 0 atom stereocenters. The Bertz CT molecular complexity index is 607. The predicted molar refractivity (Wildman–Crippen MR) is 80.1 cm³/mol. The highest BCUT2D eigenvalue weighted by Crippen LogP contribution is 2.31. The average Bonchev–Trinajstić information content (AvgIpc) is 2.44. The van der Waals surface area contributed by atoms with Crippen LogP contribution in [0, 0.1) is 11.6 Å². The van der Waals surface area contributed by atoms with Crippen LogP contribution in [-0.2, 0) is 11.8 Å². The first kappa shape index (κ1) is 16.1. The van der Waals surface area contributed by atoms with Crippen LogP contribution in [-0.4, -0.2) is 23.4 Å². The molecule has 2 aromatic carbocycles. The van der Waals surface area contributed by atoms with Gasteiger partial charge >= 0.3 is 0 Å². The maximum atomic E-state index is 14.0. The highest BCUT2D eigenvalue weighted by Gasteiger charge is 2.34. The molecule has 0 radical (unpaired) electrons. The molecule has 0 aromatic heterocycles.